The maximum absolute atomic E-state index is 13.7. The number of nitrogens with zero attached hydrogens (tertiary/aromatic N) is 4. The minimum absolute atomic E-state index is 0.100. The topological polar surface area (TPSA) is 120 Å². The summed E-state index contributed by atoms with van der Waals surface area (Å²) in [6, 6.07) is 12.5. The molecule has 2 amide bonds. The Kier molecular flexibility index (Phi) is 6.88. The Morgan fingerprint density at radius 3 is 2.45 bits per heavy atom. The van der Waals surface area contributed by atoms with Crippen molar-refractivity contribution in [2.24, 2.45) is 0 Å². The number of carbonyl (C=O) groups is 2. The molecule has 10 heteroatoms. The summed E-state index contributed by atoms with van der Waals surface area (Å²) >= 11 is 0. The first-order chi connectivity index (χ1) is 18.2. The Bertz CT molecular complexity index is 1640. The van der Waals surface area contributed by atoms with Crippen molar-refractivity contribution in [3.8, 4) is 0 Å². The second-order valence-electron chi connectivity index (χ2n) is 10.4. The molecule has 0 aliphatic heterocycles. The van der Waals surface area contributed by atoms with Gasteiger partial charge in [-0.2, -0.15) is 0 Å². The van der Waals surface area contributed by atoms with Crippen LogP contribution in [0.5, 0.6) is 0 Å². The number of benzene rings is 2. The number of amides is 2. The molecule has 2 aromatic heterocycles. The summed E-state index contributed by atoms with van der Waals surface area (Å²) in [5.41, 5.74) is 1.70. The summed E-state index contributed by atoms with van der Waals surface area (Å²) in [7, 11) is 0. The van der Waals surface area contributed by atoms with Crippen molar-refractivity contribution in [3.63, 3.8) is 0 Å². The molecule has 0 saturated heterocycles. The number of fused-ring (bicyclic) bond motifs is 3. The maximum Gasteiger partial charge on any atom is 0.352 e. The van der Waals surface area contributed by atoms with Crippen molar-refractivity contribution in [2.75, 3.05) is 0 Å². The molecule has 4 aromatic rings. The SMILES string of the molecule is Cc1ccc(Cn2c(=O)c3ccc(C(=O)NC4CCCC4)cc3n3c(=O)n(CC(=O)NC(C)C)nc23)cc1. The van der Waals surface area contributed by atoms with Crippen LogP contribution >= 0.6 is 0 Å². The van der Waals surface area contributed by atoms with Crippen molar-refractivity contribution >= 4 is 28.5 Å². The molecule has 1 aliphatic carbocycles. The normalized spacial score (nSPS) is 14.0. The smallest absolute Gasteiger partial charge is 0.352 e. The van der Waals surface area contributed by atoms with Crippen molar-refractivity contribution in [3.05, 3.63) is 80.0 Å². The van der Waals surface area contributed by atoms with E-state index in [0.29, 0.717) is 5.56 Å². The molecule has 0 spiro atoms. The molecule has 198 valence electrons. The van der Waals surface area contributed by atoms with Gasteiger partial charge in [-0.05, 0) is 57.4 Å². The van der Waals surface area contributed by atoms with E-state index in [-0.39, 0.29) is 59.2 Å². The van der Waals surface area contributed by atoms with Crippen molar-refractivity contribution in [1.29, 1.82) is 0 Å². The number of carbonyl (C=O) groups excluding carboxylic acids is 2. The van der Waals surface area contributed by atoms with E-state index in [0.717, 1.165) is 41.5 Å². The van der Waals surface area contributed by atoms with E-state index in [1.165, 1.54) is 8.97 Å². The zero-order valence-corrected chi connectivity index (χ0v) is 21.9. The van der Waals surface area contributed by atoms with E-state index in [1.54, 1.807) is 18.2 Å². The number of hydrogen-bond acceptors (Lipinski definition) is 5. The molecular formula is C28H32N6O4. The maximum atomic E-state index is 13.7. The second-order valence-corrected chi connectivity index (χ2v) is 10.4. The summed E-state index contributed by atoms with van der Waals surface area (Å²) < 4.78 is 3.81. The first kappa shape index (κ1) is 25.4. The molecule has 2 N–H and O–H groups in total. The fourth-order valence-electron chi connectivity index (χ4n) is 5.02. The Morgan fingerprint density at radius 2 is 1.76 bits per heavy atom. The van der Waals surface area contributed by atoms with Crippen LogP contribution in [0.25, 0.3) is 16.7 Å². The predicted octanol–water partition coefficient (Wildman–Crippen LogP) is 2.36. The molecule has 2 aromatic carbocycles. The summed E-state index contributed by atoms with van der Waals surface area (Å²) in [6.07, 6.45) is 4.06. The van der Waals surface area contributed by atoms with Gasteiger partial charge in [-0.15, -0.1) is 5.10 Å². The summed E-state index contributed by atoms with van der Waals surface area (Å²) in [5.74, 6) is -0.495. The molecule has 38 heavy (non-hydrogen) atoms. The Hall–Kier alpha value is -4.21. The van der Waals surface area contributed by atoms with E-state index < -0.39 is 5.69 Å². The standard InChI is InChI=1S/C28H32N6O4/c1-17(2)29-24(35)16-33-28(38)34-23-14-20(25(36)30-21-6-4-5-7-21)12-13-22(23)26(37)32(27(34)31-33)15-19-10-8-18(3)9-11-19/h8-14,17,21H,4-7,15-16H2,1-3H3,(H,29,35)(H,30,36). The number of nitrogens with one attached hydrogen (secondary N) is 2. The van der Waals surface area contributed by atoms with E-state index in [1.807, 2.05) is 45.0 Å². The van der Waals surface area contributed by atoms with Crippen LogP contribution in [-0.2, 0) is 17.9 Å². The molecular weight excluding hydrogens is 484 g/mol. The Labute approximate surface area is 219 Å². The van der Waals surface area contributed by atoms with E-state index in [2.05, 4.69) is 15.7 Å². The highest BCUT2D eigenvalue weighted by Gasteiger charge is 2.22. The third-order valence-corrected chi connectivity index (χ3v) is 6.93. The molecule has 1 saturated carbocycles. The van der Waals surface area contributed by atoms with Gasteiger partial charge in [-0.1, -0.05) is 42.7 Å². The van der Waals surface area contributed by atoms with Crippen LogP contribution in [-0.4, -0.2) is 42.6 Å². The van der Waals surface area contributed by atoms with Gasteiger partial charge in [0, 0.05) is 17.6 Å². The molecule has 1 aliphatic rings. The average Bonchev–Trinajstić information content (AvgIpc) is 3.50. The van der Waals surface area contributed by atoms with Crippen LogP contribution in [0.2, 0.25) is 0 Å². The average molecular weight is 517 g/mol. The Morgan fingerprint density at radius 1 is 1.05 bits per heavy atom. The first-order valence-corrected chi connectivity index (χ1v) is 13.0. The highest BCUT2D eigenvalue weighted by atomic mass is 16.2. The van der Waals surface area contributed by atoms with E-state index in [4.69, 9.17) is 0 Å². The number of hydrogen-bond donors (Lipinski definition) is 2. The molecule has 0 radical (unpaired) electrons. The van der Waals surface area contributed by atoms with Gasteiger partial charge in [0.1, 0.15) is 6.54 Å². The fraction of sp³-hybridized carbons (Fsp3) is 0.393. The van der Waals surface area contributed by atoms with Crippen LogP contribution in [0.15, 0.2) is 52.1 Å². The van der Waals surface area contributed by atoms with Gasteiger partial charge in [0.2, 0.25) is 11.7 Å². The predicted molar refractivity (Wildman–Crippen MR) is 144 cm³/mol. The van der Waals surface area contributed by atoms with Gasteiger partial charge in [-0.3, -0.25) is 19.0 Å². The second kappa shape index (κ2) is 10.3. The third-order valence-electron chi connectivity index (χ3n) is 6.93. The van der Waals surface area contributed by atoms with Crippen molar-refractivity contribution < 1.29 is 9.59 Å². The van der Waals surface area contributed by atoms with Crippen LogP contribution in [0.1, 0.15) is 61.0 Å². The van der Waals surface area contributed by atoms with Crippen molar-refractivity contribution in [2.45, 2.75) is 71.6 Å². The minimum Gasteiger partial charge on any atom is -0.352 e. The molecule has 0 bridgehead atoms. The highest BCUT2D eigenvalue weighted by molar-refractivity contribution is 5.98. The lowest BCUT2D eigenvalue weighted by atomic mass is 10.1. The highest BCUT2D eigenvalue weighted by Crippen LogP contribution is 2.20. The largest absolute Gasteiger partial charge is 0.352 e. The number of aromatic nitrogens is 4. The van der Waals surface area contributed by atoms with Gasteiger partial charge < -0.3 is 10.6 Å². The zero-order valence-electron chi connectivity index (χ0n) is 21.9. The molecule has 0 unspecified atom stereocenters. The lowest BCUT2D eigenvalue weighted by Gasteiger charge is -2.13. The molecule has 0 atom stereocenters. The summed E-state index contributed by atoms with van der Waals surface area (Å²) in [6.45, 7) is 5.54. The van der Waals surface area contributed by atoms with E-state index >= 15 is 0 Å². The van der Waals surface area contributed by atoms with Crippen molar-refractivity contribution in [1.82, 2.24) is 29.4 Å². The van der Waals surface area contributed by atoms with Gasteiger partial charge >= 0.3 is 5.69 Å². The molecule has 1 fully saturated rings. The van der Waals surface area contributed by atoms with Gasteiger partial charge in [0.05, 0.1) is 17.4 Å². The van der Waals surface area contributed by atoms with Gasteiger partial charge in [0.15, 0.2) is 0 Å². The van der Waals surface area contributed by atoms with Gasteiger partial charge in [-0.25, -0.2) is 13.9 Å². The quantitative estimate of drug-likeness (QED) is 0.391. The monoisotopic (exact) mass is 516 g/mol. The lowest BCUT2D eigenvalue weighted by Crippen LogP contribution is -2.36. The number of aryl methyl sites for hydroxylation is 1. The van der Waals surface area contributed by atoms with Crippen LogP contribution < -0.4 is 21.9 Å². The lowest BCUT2D eigenvalue weighted by molar-refractivity contribution is -0.122. The molecule has 10 nitrogen and oxygen atoms in total. The third kappa shape index (κ3) is 4.98. The first-order valence-electron chi connectivity index (χ1n) is 13.0. The fourth-order valence-corrected chi connectivity index (χ4v) is 5.02. The van der Waals surface area contributed by atoms with Crippen LogP contribution in [0.4, 0.5) is 0 Å². The zero-order chi connectivity index (χ0) is 27.0. The minimum atomic E-state index is -0.560. The molecule has 5 rings (SSSR count). The molecule has 2 heterocycles. The van der Waals surface area contributed by atoms with Crippen LogP contribution in [0, 0.1) is 6.92 Å². The summed E-state index contributed by atoms with van der Waals surface area (Å²) in [4.78, 5) is 52.7. The Balaban J connectivity index is 1.66. The van der Waals surface area contributed by atoms with Gasteiger partial charge in [0.25, 0.3) is 11.5 Å². The van der Waals surface area contributed by atoms with E-state index in [9.17, 15) is 19.2 Å². The number of rotatable bonds is 7. The summed E-state index contributed by atoms with van der Waals surface area (Å²) in [5, 5.41) is 10.5. The van der Waals surface area contributed by atoms with Crippen LogP contribution in [0.3, 0.4) is 0 Å².